The van der Waals surface area contributed by atoms with Crippen LogP contribution in [0.5, 0.6) is 0 Å². The van der Waals surface area contributed by atoms with Gasteiger partial charge >= 0.3 is 5.97 Å². The highest BCUT2D eigenvalue weighted by Gasteiger charge is 2.21. The van der Waals surface area contributed by atoms with E-state index >= 15 is 0 Å². The highest BCUT2D eigenvalue weighted by Crippen LogP contribution is 2.27. The number of aromatic carboxylic acids is 1. The Balaban J connectivity index is 2.26. The highest BCUT2D eigenvalue weighted by molar-refractivity contribution is 5.94. The van der Waals surface area contributed by atoms with E-state index in [9.17, 15) is 9.18 Å². The van der Waals surface area contributed by atoms with Crippen LogP contribution < -0.4 is 4.90 Å². The van der Waals surface area contributed by atoms with Crippen molar-refractivity contribution in [2.45, 2.75) is 6.42 Å². The van der Waals surface area contributed by atoms with E-state index in [1.807, 2.05) is 6.08 Å². The highest BCUT2D eigenvalue weighted by atomic mass is 19.1. The third kappa shape index (κ3) is 2.93. The number of hydrogen-bond acceptors (Lipinski definition) is 3. The summed E-state index contributed by atoms with van der Waals surface area (Å²) in [6.45, 7) is 1.66. The Kier molecular flexibility index (Phi) is 4.16. The van der Waals surface area contributed by atoms with Crippen LogP contribution in [-0.4, -0.2) is 37.9 Å². The minimum atomic E-state index is -1.11. The molecule has 0 atom stereocenters. The normalized spacial score (nSPS) is 15.3. The number of carbonyl (C=O) groups is 1. The molecular weight excluding hydrogens is 249 g/mol. The van der Waals surface area contributed by atoms with E-state index in [1.165, 1.54) is 18.2 Å². The average Bonchev–Trinajstić information content (AvgIpc) is 2.40. The van der Waals surface area contributed by atoms with Gasteiger partial charge in [0.1, 0.15) is 5.82 Å². The predicted molar refractivity (Wildman–Crippen MR) is 70.1 cm³/mol. The second-order valence-corrected chi connectivity index (χ2v) is 4.43. The van der Waals surface area contributed by atoms with Gasteiger partial charge in [-0.3, -0.25) is 0 Å². The van der Waals surface area contributed by atoms with Crippen LogP contribution in [0.2, 0.25) is 0 Å². The molecule has 5 heteroatoms. The number of carboxylic acids is 1. The van der Waals surface area contributed by atoms with E-state index in [-0.39, 0.29) is 11.3 Å². The maximum absolute atomic E-state index is 13.9. The van der Waals surface area contributed by atoms with Gasteiger partial charge in [0.05, 0.1) is 17.9 Å². The number of nitrogens with zero attached hydrogens (tertiary/aromatic N) is 1. The molecule has 4 nitrogen and oxygen atoms in total. The molecule has 1 N–H and O–H groups in total. The second kappa shape index (κ2) is 5.84. The number of benzene rings is 1. The summed E-state index contributed by atoms with van der Waals surface area (Å²) in [5, 5.41) is 9.13. The van der Waals surface area contributed by atoms with Crippen LogP contribution >= 0.6 is 0 Å². The molecule has 0 saturated heterocycles. The maximum Gasteiger partial charge on any atom is 0.337 e. The van der Waals surface area contributed by atoms with Crippen molar-refractivity contribution >= 4 is 11.7 Å². The zero-order chi connectivity index (χ0) is 13.8. The van der Waals surface area contributed by atoms with Crippen LogP contribution in [0.4, 0.5) is 10.1 Å². The molecule has 1 aliphatic heterocycles. The Hall–Kier alpha value is -1.88. The molecule has 0 spiro atoms. The van der Waals surface area contributed by atoms with Crippen molar-refractivity contribution in [3.63, 3.8) is 0 Å². The van der Waals surface area contributed by atoms with E-state index in [4.69, 9.17) is 9.84 Å². The maximum atomic E-state index is 13.9. The van der Waals surface area contributed by atoms with Crippen LogP contribution in [-0.2, 0) is 4.74 Å². The molecule has 1 aliphatic rings. The van der Waals surface area contributed by atoms with E-state index in [1.54, 1.807) is 12.0 Å². The summed E-state index contributed by atoms with van der Waals surface area (Å²) < 4.78 is 18.9. The van der Waals surface area contributed by atoms with Gasteiger partial charge in [0.15, 0.2) is 0 Å². The molecule has 1 aromatic carbocycles. The van der Waals surface area contributed by atoms with Crippen molar-refractivity contribution < 1.29 is 19.0 Å². The van der Waals surface area contributed by atoms with Crippen LogP contribution in [0, 0.1) is 5.82 Å². The van der Waals surface area contributed by atoms with Crippen molar-refractivity contribution in [2.24, 2.45) is 0 Å². The Morgan fingerprint density at radius 1 is 1.53 bits per heavy atom. The number of hydrogen-bond donors (Lipinski definition) is 1. The quantitative estimate of drug-likeness (QED) is 0.849. The molecule has 0 radical (unpaired) electrons. The van der Waals surface area contributed by atoms with Crippen molar-refractivity contribution in [3.8, 4) is 0 Å². The summed E-state index contributed by atoms with van der Waals surface area (Å²) in [4.78, 5) is 12.9. The number of carboxylic acid groups (broad SMARTS) is 1. The standard InChI is InChI=1S/C14H16FNO3/c1-19-9-10-5-7-16(8-6-10)13-11(14(17)18)3-2-4-12(13)15/h2-5H,6-9H2,1H3,(H,17,18). The summed E-state index contributed by atoms with van der Waals surface area (Å²) >= 11 is 0. The number of halogens is 1. The molecule has 19 heavy (non-hydrogen) atoms. The van der Waals surface area contributed by atoms with Gasteiger partial charge in [-0.15, -0.1) is 0 Å². The zero-order valence-electron chi connectivity index (χ0n) is 10.7. The number of para-hydroxylation sites is 1. The summed E-state index contributed by atoms with van der Waals surface area (Å²) in [5.74, 6) is -1.61. The lowest BCUT2D eigenvalue weighted by atomic mass is 10.1. The van der Waals surface area contributed by atoms with Crippen LogP contribution in [0.15, 0.2) is 29.8 Å². The van der Waals surface area contributed by atoms with Gasteiger partial charge in [-0.05, 0) is 24.1 Å². The van der Waals surface area contributed by atoms with Crippen molar-refractivity contribution in [1.29, 1.82) is 0 Å². The molecule has 102 valence electrons. The molecule has 0 unspecified atom stereocenters. The fourth-order valence-electron chi connectivity index (χ4n) is 2.24. The Morgan fingerprint density at radius 2 is 2.32 bits per heavy atom. The Morgan fingerprint density at radius 3 is 2.89 bits per heavy atom. The van der Waals surface area contributed by atoms with Gasteiger partial charge in [0.2, 0.25) is 0 Å². The summed E-state index contributed by atoms with van der Waals surface area (Å²) in [7, 11) is 1.63. The minimum Gasteiger partial charge on any atom is -0.478 e. The molecule has 1 heterocycles. The van der Waals surface area contributed by atoms with E-state index in [0.717, 1.165) is 12.0 Å². The third-order valence-corrected chi connectivity index (χ3v) is 3.17. The summed E-state index contributed by atoms with van der Waals surface area (Å²) in [5.41, 5.74) is 1.33. The molecule has 0 amide bonds. The van der Waals surface area contributed by atoms with Crippen molar-refractivity contribution in [2.75, 3.05) is 31.7 Å². The van der Waals surface area contributed by atoms with Gasteiger partial charge in [-0.1, -0.05) is 12.1 Å². The average molecular weight is 265 g/mol. The smallest absolute Gasteiger partial charge is 0.337 e. The second-order valence-electron chi connectivity index (χ2n) is 4.43. The number of rotatable bonds is 4. The molecule has 0 bridgehead atoms. The first-order valence-corrected chi connectivity index (χ1v) is 6.07. The Bertz CT molecular complexity index is 513. The molecule has 1 aromatic rings. The first-order valence-electron chi connectivity index (χ1n) is 6.07. The van der Waals surface area contributed by atoms with Crippen molar-refractivity contribution in [3.05, 3.63) is 41.2 Å². The van der Waals surface area contributed by atoms with Gasteiger partial charge < -0.3 is 14.7 Å². The van der Waals surface area contributed by atoms with Gasteiger partial charge in [0, 0.05) is 20.2 Å². The lowest BCUT2D eigenvalue weighted by Crippen LogP contribution is -2.31. The number of methoxy groups -OCH3 is 1. The Labute approximate surface area is 111 Å². The van der Waals surface area contributed by atoms with Crippen LogP contribution in [0.25, 0.3) is 0 Å². The van der Waals surface area contributed by atoms with E-state index < -0.39 is 11.8 Å². The number of anilines is 1. The van der Waals surface area contributed by atoms with Crippen LogP contribution in [0.3, 0.4) is 0 Å². The minimum absolute atomic E-state index is 0.00333. The molecule has 0 saturated carbocycles. The van der Waals surface area contributed by atoms with E-state index in [0.29, 0.717) is 19.7 Å². The van der Waals surface area contributed by atoms with Gasteiger partial charge in [0.25, 0.3) is 0 Å². The molecule has 2 rings (SSSR count). The molecule has 0 fully saturated rings. The molecule has 0 aromatic heterocycles. The fourth-order valence-corrected chi connectivity index (χ4v) is 2.24. The first-order chi connectivity index (χ1) is 9.13. The molecule has 0 aliphatic carbocycles. The SMILES string of the molecule is COCC1=CCN(c2c(F)cccc2C(=O)O)CC1. The topological polar surface area (TPSA) is 49.8 Å². The van der Waals surface area contributed by atoms with E-state index in [2.05, 4.69) is 0 Å². The van der Waals surface area contributed by atoms with Crippen LogP contribution in [0.1, 0.15) is 16.8 Å². The molecular formula is C14H16FNO3. The number of ether oxygens (including phenoxy) is 1. The lowest BCUT2D eigenvalue weighted by molar-refractivity contribution is 0.0697. The zero-order valence-corrected chi connectivity index (χ0v) is 10.7. The summed E-state index contributed by atoms with van der Waals surface area (Å²) in [6.07, 6.45) is 2.71. The van der Waals surface area contributed by atoms with Gasteiger partial charge in [-0.25, -0.2) is 9.18 Å². The lowest BCUT2D eigenvalue weighted by Gasteiger charge is -2.29. The third-order valence-electron chi connectivity index (χ3n) is 3.17. The monoisotopic (exact) mass is 265 g/mol. The largest absolute Gasteiger partial charge is 0.478 e. The predicted octanol–water partition coefficient (Wildman–Crippen LogP) is 2.31. The van der Waals surface area contributed by atoms with Crippen molar-refractivity contribution in [1.82, 2.24) is 0 Å². The summed E-state index contributed by atoms with van der Waals surface area (Å²) in [6, 6.07) is 4.13. The van der Waals surface area contributed by atoms with Gasteiger partial charge in [-0.2, -0.15) is 0 Å². The first kappa shape index (κ1) is 13.5. The fraction of sp³-hybridized carbons (Fsp3) is 0.357.